The fraction of sp³-hybridized carbons (Fsp3) is 0.316. The van der Waals surface area contributed by atoms with Gasteiger partial charge in [0.25, 0.3) is 5.91 Å². The summed E-state index contributed by atoms with van der Waals surface area (Å²) in [5.41, 5.74) is 2.58. The number of carbonyl (C=O) groups excluding carboxylic acids is 1. The minimum absolute atomic E-state index is 0.257. The Hall–Kier alpha value is -2.69. The monoisotopic (exact) mass is 322 g/mol. The van der Waals surface area contributed by atoms with Crippen LogP contribution in [0, 0.1) is 0 Å². The number of hydrogen-bond acceptors (Lipinski definition) is 4. The van der Waals surface area contributed by atoms with Crippen molar-refractivity contribution in [2.45, 2.75) is 32.1 Å². The molecule has 1 aromatic heterocycles. The number of allylic oxidation sites excluding steroid dienone is 1. The van der Waals surface area contributed by atoms with Crippen molar-refractivity contribution in [3.8, 4) is 0 Å². The average molecular weight is 322 g/mol. The van der Waals surface area contributed by atoms with Gasteiger partial charge in [0.1, 0.15) is 5.82 Å². The van der Waals surface area contributed by atoms with E-state index in [0.29, 0.717) is 11.5 Å². The van der Waals surface area contributed by atoms with Crippen LogP contribution in [-0.4, -0.2) is 22.6 Å². The van der Waals surface area contributed by atoms with Gasteiger partial charge in [0.15, 0.2) is 5.69 Å². The van der Waals surface area contributed by atoms with Gasteiger partial charge in [-0.1, -0.05) is 29.8 Å². The zero-order chi connectivity index (χ0) is 16.6. The third kappa shape index (κ3) is 4.65. The Labute approximate surface area is 142 Å². The second kappa shape index (κ2) is 8.24. The minimum atomic E-state index is -0.257. The van der Waals surface area contributed by atoms with Crippen molar-refractivity contribution in [2.24, 2.45) is 0 Å². The number of para-hydroxylation sites is 1. The Morgan fingerprint density at radius 3 is 2.62 bits per heavy atom. The maximum Gasteiger partial charge on any atom is 0.276 e. The Bertz CT molecular complexity index is 695. The van der Waals surface area contributed by atoms with Crippen LogP contribution in [0.5, 0.6) is 0 Å². The van der Waals surface area contributed by atoms with Crippen molar-refractivity contribution in [3.05, 3.63) is 59.8 Å². The van der Waals surface area contributed by atoms with Crippen molar-refractivity contribution in [1.82, 2.24) is 10.2 Å². The van der Waals surface area contributed by atoms with E-state index in [1.807, 2.05) is 30.3 Å². The molecule has 24 heavy (non-hydrogen) atoms. The zero-order valence-corrected chi connectivity index (χ0v) is 13.7. The van der Waals surface area contributed by atoms with Crippen molar-refractivity contribution in [3.63, 3.8) is 0 Å². The molecule has 3 rings (SSSR count). The third-order valence-corrected chi connectivity index (χ3v) is 4.07. The van der Waals surface area contributed by atoms with Crippen LogP contribution in [0.25, 0.3) is 0 Å². The molecule has 0 atom stereocenters. The summed E-state index contributed by atoms with van der Waals surface area (Å²) in [6, 6.07) is 12.8. The Morgan fingerprint density at radius 1 is 1.04 bits per heavy atom. The van der Waals surface area contributed by atoms with E-state index >= 15 is 0 Å². The molecule has 1 heterocycles. The molecule has 0 radical (unpaired) electrons. The van der Waals surface area contributed by atoms with Gasteiger partial charge in [-0.25, -0.2) is 0 Å². The van der Waals surface area contributed by atoms with Crippen LogP contribution in [0.3, 0.4) is 0 Å². The van der Waals surface area contributed by atoms with Crippen LogP contribution in [0.2, 0.25) is 0 Å². The smallest absolute Gasteiger partial charge is 0.276 e. The normalized spacial score (nSPS) is 13.9. The topological polar surface area (TPSA) is 66.9 Å². The van der Waals surface area contributed by atoms with Crippen LogP contribution < -0.4 is 10.6 Å². The molecule has 2 N–H and O–H groups in total. The first kappa shape index (κ1) is 16.2. The number of hydrogen-bond donors (Lipinski definition) is 2. The van der Waals surface area contributed by atoms with E-state index in [-0.39, 0.29) is 5.91 Å². The summed E-state index contributed by atoms with van der Waals surface area (Å²) in [6.45, 7) is 0.843. The van der Waals surface area contributed by atoms with Gasteiger partial charge in [-0.2, -0.15) is 0 Å². The lowest BCUT2D eigenvalue weighted by atomic mass is 9.97. The number of aromatic nitrogens is 2. The molecule has 0 spiro atoms. The summed E-state index contributed by atoms with van der Waals surface area (Å²) in [7, 11) is 0. The van der Waals surface area contributed by atoms with E-state index in [4.69, 9.17) is 0 Å². The molecular weight excluding hydrogens is 300 g/mol. The van der Waals surface area contributed by atoms with Crippen molar-refractivity contribution < 1.29 is 4.79 Å². The molecule has 2 aromatic rings. The molecule has 5 heteroatoms. The Morgan fingerprint density at radius 2 is 1.92 bits per heavy atom. The largest absolute Gasteiger partial charge is 0.368 e. The molecule has 0 saturated heterocycles. The van der Waals surface area contributed by atoms with Crippen LogP contribution >= 0.6 is 0 Å². The number of benzene rings is 1. The molecule has 0 bridgehead atoms. The second-order valence-corrected chi connectivity index (χ2v) is 5.91. The van der Waals surface area contributed by atoms with Crippen LogP contribution in [-0.2, 0) is 0 Å². The average Bonchev–Trinajstić information content (AvgIpc) is 2.64. The lowest BCUT2D eigenvalue weighted by molar-refractivity contribution is 0.102. The number of anilines is 2. The van der Waals surface area contributed by atoms with Crippen molar-refractivity contribution in [1.29, 1.82) is 0 Å². The van der Waals surface area contributed by atoms with E-state index < -0.39 is 0 Å². The lowest BCUT2D eigenvalue weighted by Gasteiger charge is -2.13. The van der Waals surface area contributed by atoms with Gasteiger partial charge in [-0.3, -0.25) is 4.79 Å². The highest BCUT2D eigenvalue weighted by molar-refractivity contribution is 6.02. The summed E-state index contributed by atoms with van der Waals surface area (Å²) in [4.78, 5) is 12.1. The minimum Gasteiger partial charge on any atom is -0.368 e. The molecule has 5 nitrogen and oxygen atoms in total. The maximum atomic E-state index is 12.1. The highest BCUT2D eigenvalue weighted by Crippen LogP contribution is 2.19. The number of nitrogens with zero attached hydrogens (tertiary/aromatic N) is 2. The quantitative estimate of drug-likeness (QED) is 0.788. The zero-order valence-electron chi connectivity index (χ0n) is 13.7. The van der Waals surface area contributed by atoms with Gasteiger partial charge in [0, 0.05) is 12.2 Å². The Balaban J connectivity index is 1.49. The van der Waals surface area contributed by atoms with Gasteiger partial charge in [-0.05, 0) is 56.4 Å². The molecular formula is C19H22N4O. The van der Waals surface area contributed by atoms with Gasteiger partial charge in [0.2, 0.25) is 0 Å². The van der Waals surface area contributed by atoms with Gasteiger partial charge in [-0.15, -0.1) is 10.2 Å². The van der Waals surface area contributed by atoms with Crippen LogP contribution in [0.1, 0.15) is 42.6 Å². The van der Waals surface area contributed by atoms with E-state index in [2.05, 4.69) is 26.9 Å². The maximum absolute atomic E-state index is 12.1. The predicted octanol–water partition coefficient (Wildman–Crippen LogP) is 4.03. The lowest BCUT2D eigenvalue weighted by Crippen LogP contribution is -2.15. The van der Waals surface area contributed by atoms with E-state index in [1.54, 1.807) is 12.1 Å². The van der Waals surface area contributed by atoms with Crippen LogP contribution in [0.4, 0.5) is 11.5 Å². The second-order valence-electron chi connectivity index (χ2n) is 5.91. The predicted molar refractivity (Wildman–Crippen MR) is 96.1 cm³/mol. The summed E-state index contributed by atoms with van der Waals surface area (Å²) in [6.07, 6.45) is 8.43. The number of carbonyl (C=O) groups is 1. The third-order valence-electron chi connectivity index (χ3n) is 4.07. The number of nitrogens with one attached hydrogen (secondary N) is 2. The standard InChI is InChI=1S/C19H22N4O/c24-19(21-16-9-5-2-6-10-16)17-11-12-18(23-22-17)20-14-13-15-7-3-1-4-8-15/h2,5-7,9-12H,1,3-4,8,13-14H2,(H,20,23)(H,21,24). The van der Waals surface area contributed by atoms with E-state index in [9.17, 15) is 4.79 Å². The Kier molecular flexibility index (Phi) is 5.56. The molecule has 124 valence electrons. The summed E-state index contributed by atoms with van der Waals surface area (Å²) >= 11 is 0. The molecule has 1 aliphatic rings. The fourth-order valence-electron chi connectivity index (χ4n) is 2.75. The van der Waals surface area contributed by atoms with Gasteiger partial charge < -0.3 is 10.6 Å². The SMILES string of the molecule is O=C(Nc1ccccc1)c1ccc(NCCC2=CCCCC2)nn1. The van der Waals surface area contributed by atoms with Crippen molar-refractivity contribution in [2.75, 3.05) is 17.2 Å². The van der Waals surface area contributed by atoms with Gasteiger partial charge in [0.05, 0.1) is 0 Å². The first-order valence-electron chi connectivity index (χ1n) is 8.43. The molecule has 0 aliphatic heterocycles. The number of rotatable bonds is 6. The molecule has 1 amide bonds. The number of amides is 1. The first-order valence-corrected chi connectivity index (χ1v) is 8.43. The summed E-state index contributed by atoms with van der Waals surface area (Å²) < 4.78 is 0. The molecule has 0 saturated carbocycles. The van der Waals surface area contributed by atoms with E-state index in [0.717, 1.165) is 18.7 Å². The molecule has 1 aliphatic carbocycles. The molecule has 0 fully saturated rings. The van der Waals surface area contributed by atoms with Crippen LogP contribution in [0.15, 0.2) is 54.1 Å². The fourth-order valence-corrected chi connectivity index (χ4v) is 2.75. The summed E-state index contributed by atoms with van der Waals surface area (Å²) in [5, 5.41) is 14.1. The van der Waals surface area contributed by atoms with E-state index in [1.165, 1.54) is 31.3 Å². The highest BCUT2D eigenvalue weighted by atomic mass is 16.1. The molecule has 1 aromatic carbocycles. The first-order chi connectivity index (χ1) is 11.8. The van der Waals surface area contributed by atoms with Crippen molar-refractivity contribution >= 4 is 17.4 Å². The summed E-state index contributed by atoms with van der Waals surface area (Å²) in [5.74, 6) is 0.440. The molecule has 0 unspecified atom stereocenters. The van der Waals surface area contributed by atoms with Gasteiger partial charge >= 0.3 is 0 Å². The highest BCUT2D eigenvalue weighted by Gasteiger charge is 2.09.